The largest absolute Gasteiger partial charge is 0.394 e. The van der Waals surface area contributed by atoms with Crippen molar-refractivity contribution < 1.29 is 89.4 Å². The number of aliphatic hydroxyl groups excluding tert-OH is 11. The van der Waals surface area contributed by atoms with Gasteiger partial charge in [0.25, 0.3) is 0 Å². The van der Waals surface area contributed by atoms with Crippen LogP contribution < -0.4 is 5.32 Å². The first-order valence-corrected chi connectivity index (χ1v) is 36.7. The maximum Gasteiger partial charge on any atom is 0.220 e. The Morgan fingerprint density at radius 3 is 1.13 bits per heavy atom. The number of ether oxygens (including phenoxy) is 6. The summed E-state index contributed by atoms with van der Waals surface area (Å²) in [5.74, 6) is -0.240. The average Bonchev–Trinajstić information content (AvgIpc) is 1.05. The molecule has 0 aliphatic carbocycles. The molecule has 3 aliphatic rings. The Hall–Kier alpha value is -1.99. The molecule has 3 aliphatic heterocycles. The van der Waals surface area contributed by atoms with Crippen molar-refractivity contribution in [3.05, 3.63) is 36.5 Å². The lowest BCUT2D eigenvalue weighted by atomic mass is 9.96. The Kier molecular flexibility index (Phi) is 49.5. The lowest BCUT2D eigenvalue weighted by molar-refractivity contribution is -0.379. The maximum atomic E-state index is 13.4. The third-order valence-corrected chi connectivity index (χ3v) is 18.5. The molecule has 1 amide bonds. The van der Waals surface area contributed by atoms with E-state index in [1.54, 1.807) is 0 Å². The SMILES string of the molecule is CCCCCCC/C=C\C/C=C\C/C=C\CCCCCCCCCCCCCCCCCCCCCCC(=O)NC(COC1OC(CO)C(OC2OC(CO)C(OC3OC(CO)C(O)C(O)C3O)C(O)C2O)C(O)C1O)C(O)CCCCCCCCCCCCC. The van der Waals surface area contributed by atoms with E-state index in [9.17, 15) is 61.0 Å². The van der Waals surface area contributed by atoms with Gasteiger partial charge in [0.2, 0.25) is 5.91 Å². The molecule has 0 bridgehead atoms. The van der Waals surface area contributed by atoms with E-state index in [-0.39, 0.29) is 18.9 Å². The van der Waals surface area contributed by atoms with Crippen LogP contribution in [-0.4, -0.2) is 193 Å². The molecule has 0 aromatic rings. The van der Waals surface area contributed by atoms with Crippen molar-refractivity contribution in [3.8, 4) is 0 Å². The molecule has 17 unspecified atom stereocenters. The van der Waals surface area contributed by atoms with E-state index in [4.69, 9.17) is 28.4 Å². The number of nitrogens with one attached hydrogen (secondary N) is 1. The Morgan fingerprint density at radius 1 is 0.396 bits per heavy atom. The minimum absolute atomic E-state index is 0.240. The number of carbonyl (C=O) groups excluding carboxylic acids is 1. The normalized spacial score (nSPS) is 28.0. The Morgan fingerprint density at radius 2 is 0.725 bits per heavy atom. The molecular weight excluding hydrogens is 1170 g/mol. The van der Waals surface area contributed by atoms with Crippen LogP contribution in [0.5, 0.6) is 0 Å². The second-order valence-corrected chi connectivity index (χ2v) is 26.4. The Bertz CT molecular complexity index is 1790. The van der Waals surface area contributed by atoms with E-state index in [0.717, 1.165) is 57.8 Å². The topological polar surface area (TPSA) is 307 Å². The van der Waals surface area contributed by atoms with Crippen molar-refractivity contribution in [2.45, 2.75) is 388 Å². The molecule has 91 heavy (non-hydrogen) atoms. The van der Waals surface area contributed by atoms with Crippen LogP contribution in [-0.2, 0) is 33.2 Å². The molecule has 3 saturated heterocycles. The molecule has 12 N–H and O–H groups in total. The van der Waals surface area contributed by atoms with Gasteiger partial charge in [-0.3, -0.25) is 4.79 Å². The van der Waals surface area contributed by atoms with Crippen LogP contribution in [0.25, 0.3) is 0 Å². The molecule has 3 heterocycles. The first-order chi connectivity index (χ1) is 44.3. The third kappa shape index (κ3) is 35.7. The second kappa shape index (κ2) is 54.1. The summed E-state index contributed by atoms with van der Waals surface area (Å²) in [7, 11) is 0. The summed E-state index contributed by atoms with van der Waals surface area (Å²) in [6, 6.07) is -0.884. The van der Waals surface area contributed by atoms with E-state index in [1.165, 1.54) is 193 Å². The molecule has 534 valence electrons. The van der Waals surface area contributed by atoms with Crippen molar-refractivity contribution >= 4 is 5.91 Å². The molecule has 0 radical (unpaired) electrons. The van der Waals surface area contributed by atoms with Crippen molar-refractivity contribution in [2.75, 3.05) is 26.4 Å². The zero-order valence-electron chi connectivity index (χ0n) is 56.6. The van der Waals surface area contributed by atoms with Gasteiger partial charge in [-0.2, -0.15) is 0 Å². The second-order valence-electron chi connectivity index (χ2n) is 26.4. The smallest absolute Gasteiger partial charge is 0.220 e. The number of amides is 1. The molecule has 0 saturated carbocycles. The van der Waals surface area contributed by atoms with Gasteiger partial charge in [0.1, 0.15) is 73.2 Å². The molecule has 0 aromatic heterocycles. The van der Waals surface area contributed by atoms with Gasteiger partial charge >= 0.3 is 0 Å². The van der Waals surface area contributed by atoms with E-state index in [0.29, 0.717) is 12.8 Å². The molecule has 3 rings (SSSR count). The maximum absolute atomic E-state index is 13.4. The van der Waals surface area contributed by atoms with Crippen LogP contribution in [0.3, 0.4) is 0 Å². The number of carbonyl (C=O) groups is 1. The van der Waals surface area contributed by atoms with Gasteiger partial charge in [-0.15, -0.1) is 0 Å². The molecule has 0 aromatic carbocycles. The number of aliphatic hydroxyl groups is 11. The van der Waals surface area contributed by atoms with Gasteiger partial charge in [-0.1, -0.05) is 262 Å². The fourth-order valence-corrected chi connectivity index (χ4v) is 12.5. The quantitative estimate of drug-likeness (QED) is 0.0199. The van der Waals surface area contributed by atoms with Crippen LogP contribution >= 0.6 is 0 Å². The van der Waals surface area contributed by atoms with Crippen LogP contribution in [0.15, 0.2) is 36.5 Å². The predicted molar refractivity (Wildman–Crippen MR) is 356 cm³/mol. The van der Waals surface area contributed by atoms with Gasteiger partial charge in [0.15, 0.2) is 18.9 Å². The number of unbranched alkanes of at least 4 members (excludes halogenated alkanes) is 35. The van der Waals surface area contributed by atoms with Gasteiger partial charge < -0.3 is 89.9 Å². The monoisotopic (exact) mass is 1300 g/mol. The fraction of sp³-hybridized carbons (Fsp3) is 0.903. The number of hydrogen-bond donors (Lipinski definition) is 12. The predicted octanol–water partition coefficient (Wildman–Crippen LogP) is 10.4. The number of rotatable bonds is 57. The molecule has 3 fully saturated rings. The third-order valence-electron chi connectivity index (χ3n) is 18.5. The van der Waals surface area contributed by atoms with E-state index >= 15 is 0 Å². The van der Waals surface area contributed by atoms with Crippen LogP contribution in [0.4, 0.5) is 0 Å². The zero-order valence-corrected chi connectivity index (χ0v) is 56.6. The highest BCUT2D eigenvalue weighted by molar-refractivity contribution is 5.76. The Labute approximate surface area is 549 Å². The highest BCUT2D eigenvalue weighted by Gasteiger charge is 2.53. The molecule has 19 nitrogen and oxygen atoms in total. The minimum Gasteiger partial charge on any atom is -0.394 e. The summed E-state index contributed by atoms with van der Waals surface area (Å²) in [5.41, 5.74) is 0. The van der Waals surface area contributed by atoms with Gasteiger partial charge in [-0.05, 0) is 51.4 Å². The van der Waals surface area contributed by atoms with Crippen LogP contribution in [0.1, 0.15) is 284 Å². The van der Waals surface area contributed by atoms with E-state index in [1.807, 2.05) is 0 Å². The van der Waals surface area contributed by atoms with E-state index in [2.05, 4.69) is 55.6 Å². The molecule has 17 atom stereocenters. The van der Waals surface area contributed by atoms with Gasteiger partial charge in [0, 0.05) is 6.42 Å². The van der Waals surface area contributed by atoms with Crippen LogP contribution in [0, 0.1) is 0 Å². The number of hydrogen-bond acceptors (Lipinski definition) is 18. The minimum atomic E-state index is -1.97. The highest BCUT2D eigenvalue weighted by atomic mass is 16.8. The van der Waals surface area contributed by atoms with Gasteiger partial charge in [0.05, 0.1) is 38.6 Å². The Balaban J connectivity index is 1.31. The summed E-state index contributed by atoms with van der Waals surface area (Å²) in [5, 5.41) is 121. The van der Waals surface area contributed by atoms with Crippen molar-refractivity contribution in [2.24, 2.45) is 0 Å². The first-order valence-electron chi connectivity index (χ1n) is 36.7. The van der Waals surface area contributed by atoms with Crippen molar-refractivity contribution in [1.29, 1.82) is 0 Å². The lowest BCUT2D eigenvalue weighted by Crippen LogP contribution is -2.66. The first kappa shape index (κ1) is 83.2. The molecule has 19 heteroatoms. The van der Waals surface area contributed by atoms with Crippen molar-refractivity contribution in [1.82, 2.24) is 5.32 Å². The summed E-state index contributed by atoms with van der Waals surface area (Å²) in [6.07, 6.45) is 36.9. The molecular formula is C72H133NO18. The van der Waals surface area contributed by atoms with Crippen LogP contribution in [0.2, 0.25) is 0 Å². The fourth-order valence-electron chi connectivity index (χ4n) is 12.5. The van der Waals surface area contributed by atoms with E-state index < -0.39 is 124 Å². The zero-order chi connectivity index (χ0) is 66.1. The summed E-state index contributed by atoms with van der Waals surface area (Å²) in [6.45, 7) is 1.79. The number of allylic oxidation sites excluding steroid dienone is 6. The molecule has 0 spiro atoms. The summed E-state index contributed by atoms with van der Waals surface area (Å²) >= 11 is 0. The standard InChI is InChI=1S/C72H133NO18/c1-3-5-7-9-11-13-15-16-17-18-19-20-21-22-23-24-25-26-27-28-29-30-31-32-33-34-35-36-37-38-40-42-44-46-48-50-60(78)73-55(56(77)49-47-45-43-41-39-14-12-10-8-6-4-2)54-86-70-66(84)63(81)68(58(52-75)88-70)91-72-67(85)64(82)69(59(53-76)89-72)90-71-65(83)62(80)61(79)57(51-74)87-71/h15-16,18-19,21-22,55-59,61-72,74-77,79-85H,3-14,17,20,23-54H2,1-2H3,(H,73,78)/b16-15-,19-18-,22-21-. The van der Waals surface area contributed by atoms with Gasteiger partial charge in [-0.25, -0.2) is 0 Å². The summed E-state index contributed by atoms with van der Waals surface area (Å²) in [4.78, 5) is 13.4. The highest BCUT2D eigenvalue weighted by Crippen LogP contribution is 2.33. The average molecular weight is 1300 g/mol. The summed E-state index contributed by atoms with van der Waals surface area (Å²) < 4.78 is 34.4. The lowest BCUT2D eigenvalue weighted by Gasteiger charge is -2.48. The van der Waals surface area contributed by atoms with Crippen molar-refractivity contribution in [3.63, 3.8) is 0 Å².